The third-order valence-electron chi connectivity index (χ3n) is 3.26. The maximum Gasteiger partial charge on any atom is 0.257 e. The minimum absolute atomic E-state index is 0.453. The smallest absolute Gasteiger partial charge is 0.257 e. The molecule has 0 saturated carbocycles. The molecule has 0 fully saturated rings. The number of hydrogen-bond acceptors (Lipinski definition) is 4. The summed E-state index contributed by atoms with van der Waals surface area (Å²) in [4.78, 5) is 12.3. The topological polar surface area (TPSA) is 70.6 Å². The molecule has 0 spiro atoms. The number of aliphatic hydroxyl groups excluding tert-OH is 1. The molecule has 1 unspecified atom stereocenters. The van der Waals surface area contributed by atoms with Crippen molar-refractivity contribution in [3.8, 4) is 5.75 Å². The molecule has 0 bridgehead atoms. The highest BCUT2D eigenvalue weighted by molar-refractivity contribution is 6.31. The standard InChI is InChI=1S/C17H19ClN2O3/c1-3-19-14-8-7-12(18)10-15(14)20-17(22)16(21)11-5-4-6-13(9-11)23-2/h4-10,16,19,21H,3H2,1-2H3,(H,20,22). The Balaban J connectivity index is 2.19. The van der Waals surface area contributed by atoms with E-state index in [4.69, 9.17) is 16.3 Å². The van der Waals surface area contributed by atoms with Crippen molar-refractivity contribution in [3.63, 3.8) is 0 Å². The first kappa shape index (κ1) is 17.1. The van der Waals surface area contributed by atoms with Crippen LogP contribution in [0.25, 0.3) is 0 Å². The van der Waals surface area contributed by atoms with Crippen molar-refractivity contribution in [2.24, 2.45) is 0 Å². The van der Waals surface area contributed by atoms with E-state index in [-0.39, 0.29) is 0 Å². The summed E-state index contributed by atoms with van der Waals surface area (Å²) in [6, 6.07) is 11.9. The number of carbonyl (C=O) groups is 1. The average Bonchev–Trinajstić information content (AvgIpc) is 2.56. The molecule has 0 saturated heterocycles. The highest BCUT2D eigenvalue weighted by Gasteiger charge is 2.19. The maximum absolute atomic E-state index is 12.3. The van der Waals surface area contributed by atoms with Gasteiger partial charge in [0.25, 0.3) is 5.91 Å². The van der Waals surface area contributed by atoms with Crippen LogP contribution < -0.4 is 15.4 Å². The lowest BCUT2D eigenvalue weighted by Gasteiger charge is -2.16. The molecule has 3 N–H and O–H groups in total. The molecule has 5 nitrogen and oxygen atoms in total. The van der Waals surface area contributed by atoms with Gasteiger partial charge in [-0.15, -0.1) is 0 Å². The minimum Gasteiger partial charge on any atom is -0.497 e. The van der Waals surface area contributed by atoms with E-state index in [1.165, 1.54) is 7.11 Å². The molecule has 2 aromatic rings. The van der Waals surface area contributed by atoms with Gasteiger partial charge in [-0.05, 0) is 42.8 Å². The van der Waals surface area contributed by atoms with E-state index in [1.54, 1.807) is 42.5 Å². The molecule has 6 heteroatoms. The van der Waals surface area contributed by atoms with E-state index in [0.717, 1.165) is 5.69 Å². The number of anilines is 2. The second-order valence-corrected chi connectivity index (χ2v) is 5.33. The van der Waals surface area contributed by atoms with Crippen LogP contribution in [-0.4, -0.2) is 24.7 Å². The van der Waals surface area contributed by atoms with E-state index >= 15 is 0 Å². The van der Waals surface area contributed by atoms with E-state index in [2.05, 4.69) is 10.6 Å². The first-order chi connectivity index (χ1) is 11.0. The van der Waals surface area contributed by atoms with Crippen molar-refractivity contribution in [3.05, 3.63) is 53.1 Å². The predicted molar refractivity (Wildman–Crippen MR) is 92.2 cm³/mol. The van der Waals surface area contributed by atoms with E-state index in [9.17, 15) is 9.90 Å². The van der Waals surface area contributed by atoms with Gasteiger partial charge in [0.15, 0.2) is 6.10 Å². The summed E-state index contributed by atoms with van der Waals surface area (Å²) in [6.45, 7) is 2.65. The van der Waals surface area contributed by atoms with Gasteiger partial charge in [-0.25, -0.2) is 0 Å². The molecule has 0 radical (unpaired) electrons. The van der Waals surface area contributed by atoms with Crippen molar-refractivity contribution in [2.75, 3.05) is 24.3 Å². The van der Waals surface area contributed by atoms with Crippen molar-refractivity contribution in [2.45, 2.75) is 13.0 Å². The molecule has 1 atom stereocenters. The predicted octanol–water partition coefficient (Wildman–Crippen LogP) is 3.45. The Morgan fingerprint density at radius 1 is 1.26 bits per heavy atom. The summed E-state index contributed by atoms with van der Waals surface area (Å²) in [5, 5.41) is 16.6. The van der Waals surface area contributed by atoms with Gasteiger partial charge in [0.2, 0.25) is 0 Å². The fourth-order valence-corrected chi connectivity index (χ4v) is 2.30. The Morgan fingerprint density at radius 2 is 2.04 bits per heavy atom. The molecule has 0 aliphatic rings. The molecule has 122 valence electrons. The fourth-order valence-electron chi connectivity index (χ4n) is 2.13. The van der Waals surface area contributed by atoms with Crippen LogP contribution in [0.1, 0.15) is 18.6 Å². The number of aliphatic hydroxyl groups is 1. The molecule has 23 heavy (non-hydrogen) atoms. The van der Waals surface area contributed by atoms with Gasteiger partial charge < -0.3 is 20.5 Å². The third-order valence-corrected chi connectivity index (χ3v) is 3.50. The molecule has 0 heterocycles. The Morgan fingerprint density at radius 3 is 2.74 bits per heavy atom. The average molecular weight is 335 g/mol. The largest absolute Gasteiger partial charge is 0.497 e. The monoisotopic (exact) mass is 334 g/mol. The molecular formula is C17H19ClN2O3. The molecule has 2 aromatic carbocycles. The lowest BCUT2D eigenvalue weighted by molar-refractivity contribution is -0.124. The lowest BCUT2D eigenvalue weighted by Crippen LogP contribution is -2.21. The van der Waals surface area contributed by atoms with Crippen molar-refractivity contribution in [1.29, 1.82) is 0 Å². The first-order valence-corrected chi connectivity index (χ1v) is 7.59. The summed E-state index contributed by atoms with van der Waals surface area (Å²) in [5.74, 6) is 0.0325. The summed E-state index contributed by atoms with van der Waals surface area (Å²) in [5.41, 5.74) is 1.71. The van der Waals surface area contributed by atoms with Gasteiger partial charge in [0.1, 0.15) is 5.75 Å². The van der Waals surface area contributed by atoms with Crippen LogP contribution >= 0.6 is 11.6 Å². The number of amides is 1. The quantitative estimate of drug-likeness (QED) is 0.756. The summed E-state index contributed by atoms with van der Waals surface area (Å²) < 4.78 is 5.10. The number of methoxy groups -OCH3 is 1. The van der Waals surface area contributed by atoms with Gasteiger partial charge in [-0.3, -0.25) is 4.79 Å². The Labute approximate surface area is 140 Å². The van der Waals surface area contributed by atoms with E-state index in [0.29, 0.717) is 28.6 Å². The van der Waals surface area contributed by atoms with Crippen LogP contribution in [0, 0.1) is 0 Å². The SMILES string of the molecule is CCNc1ccc(Cl)cc1NC(=O)C(O)c1cccc(OC)c1. The zero-order chi connectivity index (χ0) is 16.8. The van der Waals surface area contributed by atoms with Gasteiger partial charge in [-0.1, -0.05) is 23.7 Å². The number of halogens is 1. The fraction of sp³-hybridized carbons (Fsp3) is 0.235. The number of hydrogen-bond donors (Lipinski definition) is 3. The highest BCUT2D eigenvalue weighted by atomic mass is 35.5. The number of benzene rings is 2. The number of rotatable bonds is 6. The molecule has 0 aromatic heterocycles. The van der Waals surface area contributed by atoms with E-state index in [1.807, 2.05) is 6.92 Å². The van der Waals surface area contributed by atoms with Crippen LogP contribution in [0.3, 0.4) is 0 Å². The summed E-state index contributed by atoms with van der Waals surface area (Å²) >= 11 is 5.98. The van der Waals surface area contributed by atoms with Crippen LogP contribution in [0.4, 0.5) is 11.4 Å². The first-order valence-electron chi connectivity index (χ1n) is 7.21. The zero-order valence-electron chi connectivity index (χ0n) is 13.0. The van der Waals surface area contributed by atoms with Gasteiger partial charge in [0.05, 0.1) is 18.5 Å². The second kappa shape index (κ2) is 7.85. The summed E-state index contributed by atoms with van der Waals surface area (Å²) in [7, 11) is 1.53. The molecule has 0 aliphatic heterocycles. The molecular weight excluding hydrogens is 316 g/mol. The summed E-state index contributed by atoms with van der Waals surface area (Å²) in [6.07, 6.45) is -1.31. The molecule has 1 amide bonds. The van der Waals surface area contributed by atoms with Gasteiger partial charge in [-0.2, -0.15) is 0 Å². The van der Waals surface area contributed by atoms with Crippen LogP contribution in [-0.2, 0) is 4.79 Å². The van der Waals surface area contributed by atoms with Crippen LogP contribution in [0.5, 0.6) is 5.75 Å². The number of carbonyl (C=O) groups excluding carboxylic acids is 1. The van der Waals surface area contributed by atoms with Crippen molar-refractivity contribution in [1.82, 2.24) is 0 Å². The second-order valence-electron chi connectivity index (χ2n) is 4.89. The van der Waals surface area contributed by atoms with Gasteiger partial charge in [0, 0.05) is 11.6 Å². The Kier molecular flexibility index (Phi) is 5.84. The Bertz CT molecular complexity index is 691. The van der Waals surface area contributed by atoms with Gasteiger partial charge >= 0.3 is 0 Å². The molecule has 0 aliphatic carbocycles. The zero-order valence-corrected chi connectivity index (χ0v) is 13.7. The maximum atomic E-state index is 12.3. The lowest BCUT2D eigenvalue weighted by atomic mass is 10.1. The van der Waals surface area contributed by atoms with Crippen LogP contribution in [0.15, 0.2) is 42.5 Å². The van der Waals surface area contributed by atoms with E-state index < -0.39 is 12.0 Å². The number of ether oxygens (including phenoxy) is 1. The van der Waals surface area contributed by atoms with Crippen molar-refractivity contribution < 1.29 is 14.6 Å². The number of nitrogens with one attached hydrogen (secondary N) is 2. The van der Waals surface area contributed by atoms with Crippen LogP contribution in [0.2, 0.25) is 5.02 Å². The minimum atomic E-state index is -1.31. The highest BCUT2D eigenvalue weighted by Crippen LogP contribution is 2.27. The Hall–Kier alpha value is -2.24. The normalized spacial score (nSPS) is 11.7. The molecule has 2 rings (SSSR count). The third kappa shape index (κ3) is 4.37. The van der Waals surface area contributed by atoms with Crippen molar-refractivity contribution >= 4 is 28.9 Å².